The lowest BCUT2D eigenvalue weighted by Crippen LogP contribution is -2.01. The maximum Gasteiger partial charge on any atom is 0.304 e. The van der Waals surface area contributed by atoms with Crippen LogP contribution < -0.4 is 0 Å². The number of phenolic OH excluding ortho intramolecular Hbond substituents is 2. The van der Waals surface area contributed by atoms with E-state index in [4.69, 9.17) is 5.11 Å². The van der Waals surface area contributed by atoms with Crippen molar-refractivity contribution < 1.29 is 20.1 Å². The first-order valence-corrected chi connectivity index (χ1v) is 9.52. The number of phenols is 2. The summed E-state index contributed by atoms with van der Waals surface area (Å²) in [4.78, 5) is 12.0. The third-order valence-electron chi connectivity index (χ3n) is 3.68. The molecule has 0 spiro atoms. The van der Waals surface area contributed by atoms with Gasteiger partial charge in [-0.3, -0.25) is 4.79 Å². The lowest BCUT2D eigenvalue weighted by Gasteiger charge is -2.12. The molecule has 0 radical (unpaired) electrons. The first kappa shape index (κ1) is 22.3. The zero-order chi connectivity index (χ0) is 20.0. The van der Waals surface area contributed by atoms with Crippen LogP contribution in [-0.4, -0.2) is 26.5 Å². The van der Waals surface area contributed by atoms with Gasteiger partial charge < -0.3 is 15.3 Å². The van der Waals surface area contributed by atoms with Gasteiger partial charge in [0.2, 0.25) is 0 Å². The van der Waals surface area contributed by atoms with E-state index in [1.54, 1.807) is 30.8 Å². The van der Waals surface area contributed by atoms with E-state index in [9.17, 15) is 15.0 Å². The average Bonchev–Trinajstić information content (AvgIpc) is 2.49. The fourth-order valence-electron chi connectivity index (χ4n) is 2.14. The molecule has 6 heteroatoms. The minimum Gasteiger partial charge on any atom is -0.508 e. The minimum atomic E-state index is -0.789. The van der Waals surface area contributed by atoms with Crippen LogP contribution in [0.25, 0.3) is 0 Å². The number of hydrogen-bond acceptors (Lipinski definition) is 5. The Morgan fingerprint density at radius 1 is 0.923 bits per heavy atom. The monoisotopic (exact) mass is 394 g/mol. The second-order valence-corrected chi connectivity index (χ2v) is 8.32. The van der Waals surface area contributed by atoms with Gasteiger partial charge in [0.25, 0.3) is 0 Å². The number of thiol groups is 1. The molecule has 1 atom stereocenters. The molecule has 3 N–H and O–H groups in total. The van der Waals surface area contributed by atoms with Gasteiger partial charge in [-0.15, -0.1) is 0 Å². The fourth-order valence-corrected chi connectivity index (χ4v) is 3.44. The number of carbonyl (C=O) groups is 1. The second kappa shape index (κ2) is 9.78. The molecule has 2 aromatic rings. The highest BCUT2D eigenvalue weighted by atomic mass is 32.2. The van der Waals surface area contributed by atoms with Gasteiger partial charge in [-0.05, 0) is 74.2 Å². The molecule has 0 aliphatic rings. The van der Waals surface area contributed by atoms with Gasteiger partial charge >= 0.3 is 5.97 Å². The summed E-state index contributed by atoms with van der Waals surface area (Å²) in [7, 11) is 0. The number of aliphatic carboxylic acids is 1. The van der Waals surface area contributed by atoms with Crippen molar-refractivity contribution in [3.05, 3.63) is 46.5 Å². The van der Waals surface area contributed by atoms with Crippen molar-refractivity contribution in [3.63, 3.8) is 0 Å². The summed E-state index contributed by atoms with van der Waals surface area (Å²) in [6.45, 7) is 9.52. The molecule has 26 heavy (non-hydrogen) atoms. The number of hydrogen-bond donors (Lipinski definition) is 4. The average molecular weight is 395 g/mol. The molecule has 0 bridgehead atoms. The Labute approximate surface area is 164 Å². The van der Waals surface area contributed by atoms with Gasteiger partial charge in [0.05, 0.1) is 6.42 Å². The Morgan fingerprint density at radius 2 is 1.31 bits per heavy atom. The van der Waals surface area contributed by atoms with E-state index >= 15 is 0 Å². The quantitative estimate of drug-likeness (QED) is 0.532. The first-order chi connectivity index (χ1) is 12.0. The predicted molar refractivity (Wildman–Crippen MR) is 110 cm³/mol. The summed E-state index contributed by atoms with van der Waals surface area (Å²) < 4.78 is 0. The highest BCUT2D eigenvalue weighted by Crippen LogP contribution is 2.37. The van der Waals surface area contributed by atoms with Crippen molar-refractivity contribution in [2.24, 2.45) is 0 Å². The predicted octanol–water partition coefficient (Wildman–Crippen LogP) is 5.26. The van der Waals surface area contributed by atoms with Crippen LogP contribution in [0.3, 0.4) is 0 Å². The molecule has 0 aliphatic carbocycles. The van der Waals surface area contributed by atoms with E-state index in [0.717, 1.165) is 32.0 Å². The highest BCUT2D eigenvalue weighted by Gasteiger charge is 2.09. The Balaban J connectivity index is 0.000000412. The molecule has 0 heterocycles. The molecule has 0 aromatic heterocycles. The molecule has 142 valence electrons. The third-order valence-corrected chi connectivity index (χ3v) is 5.18. The van der Waals surface area contributed by atoms with Crippen LogP contribution in [0.1, 0.15) is 35.6 Å². The Kier molecular flexibility index (Phi) is 8.37. The van der Waals surface area contributed by atoms with Crippen LogP contribution in [0.2, 0.25) is 0 Å². The number of aromatic hydroxyl groups is 2. The van der Waals surface area contributed by atoms with Crippen molar-refractivity contribution in [3.8, 4) is 11.5 Å². The molecule has 0 saturated heterocycles. The standard InChI is InChI=1S/C16H18O2S.C4H8O2S/c1-9-7-15(11(3)5-13(9)17)19-16-8-10(2)14(18)6-12(16)4;1-3(7)2-4(5)6/h5-8,17-18H,1-4H3;3,7H,2H2,1H3,(H,5,6). The lowest BCUT2D eigenvalue weighted by molar-refractivity contribution is -0.136. The summed E-state index contributed by atoms with van der Waals surface area (Å²) in [5.74, 6) is -0.122. The van der Waals surface area contributed by atoms with Crippen molar-refractivity contribution in [1.82, 2.24) is 0 Å². The normalized spacial score (nSPS) is 11.5. The molecule has 0 saturated carbocycles. The van der Waals surface area contributed by atoms with Crippen LogP contribution in [0.5, 0.6) is 11.5 Å². The first-order valence-electron chi connectivity index (χ1n) is 8.19. The van der Waals surface area contributed by atoms with E-state index in [1.165, 1.54) is 0 Å². The van der Waals surface area contributed by atoms with Gasteiger partial charge in [0.1, 0.15) is 11.5 Å². The summed E-state index contributed by atoms with van der Waals surface area (Å²) in [6.07, 6.45) is 0.142. The van der Waals surface area contributed by atoms with E-state index in [-0.39, 0.29) is 11.7 Å². The topological polar surface area (TPSA) is 77.8 Å². The Morgan fingerprint density at radius 3 is 1.58 bits per heavy atom. The number of carboxylic acid groups (broad SMARTS) is 1. The zero-order valence-electron chi connectivity index (χ0n) is 15.7. The molecular weight excluding hydrogens is 368 g/mol. The fraction of sp³-hybridized carbons (Fsp3) is 0.350. The zero-order valence-corrected chi connectivity index (χ0v) is 17.4. The molecule has 0 aliphatic heterocycles. The van der Waals surface area contributed by atoms with Crippen molar-refractivity contribution >= 4 is 30.4 Å². The van der Waals surface area contributed by atoms with Gasteiger partial charge in [0.15, 0.2) is 0 Å². The SMILES string of the molecule is CC(S)CC(=O)O.Cc1cc(Sc2cc(C)c(O)cc2C)c(C)cc1O. The maximum atomic E-state index is 9.76. The number of aryl methyl sites for hydroxylation is 4. The lowest BCUT2D eigenvalue weighted by atomic mass is 10.1. The van der Waals surface area contributed by atoms with Crippen molar-refractivity contribution in [2.75, 3.05) is 0 Å². The van der Waals surface area contributed by atoms with Crippen LogP contribution in [-0.2, 0) is 4.79 Å². The maximum absolute atomic E-state index is 9.76. The van der Waals surface area contributed by atoms with Crippen LogP contribution >= 0.6 is 24.4 Å². The second-order valence-electron chi connectivity index (χ2n) is 6.36. The summed E-state index contributed by atoms with van der Waals surface area (Å²) in [5.41, 5.74) is 3.86. The number of carboxylic acids is 1. The molecule has 2 rings (SSSR count). The smallest absolute Gasteiger partial charge is 0.304 e. The van der Waals surface area contributed by atoms with Gasteiger partial charge in [-0.25, -0.2) is 0 Å². The molecule has 0 fully saturated rings. The highest BCUT2D eigenvalue weighted by molar-refractivity contribution is 7.99. The van der Waals surface area contributed by atoms with Crippen LogP contribution in [0.15, 0.2) is 34.1 Å². The van der Waals surface area contributed by atoms with Gasteiger partial charge in [-0.1, -0.05) is 18.7 Å². The summed E-state index contributed by atoms with van der Waals surface area (Å²) in [6, 6.07) is 7.58. The van der Waals surface area contributed by atoms with Crippen molar-refractivity contribution in [1.29, 1.82) is 0 Å². The molecule has 2 aromatic carbocycles. The molecule has 1 unspecified atom stereocenters. The van der Waals surface area contributed by atoms with E-state index < -0.39 is 5.97 Å². The minimum absolute atomic E-state index is 0.0301. The van der Waals surface area contributed by atoms with E-state index in [2.05, 4.69) is 12.6 Å². The van der Waals surface area contributed by atoms with Crippen LogP contribution in [0.4, 0.5) is 0 Å². The van der Waals surface area contributed by atoms with Crippen LogP contribution in [0, 0.1) is 27.7 Å². The van der Waals surface area contributed by atoms with E-state index in [0.29, 0.717) is 11.5 Å². The van der Waals surface area contributed by atoms with Gasteiger partial charge in [0, 0.05) is 15.0 Å². The Bertz CT molecular complexity index is 730. The van der Waals surface area contributed by atoms with Crippen molar-refractivity contribution in [2.45, 2.75) is 56.1 Å². The van der Waals surface area contributed by atoms with Gasteiger partial charge in [-0.2, -0.15) is 12.6 Å². The molecular formula is C20H26O4S2. The molecule has 0 amide bonds. The number of rotatable bonds is 4. The molecule has 4 nitrogen and oxygen atoms in total. The number of benzene rings is 2. The third kappa shape index (κ3) is 6.84. The largest absolute Gasteiger partial charge is 0.508 e. The summed E-state index contributed by atoms with van der Waals surface area (Å²) in [5, 5.41) is 27.4. The Hall–Kier alpha value is -1.79. The van der Waals surface area contributed by atoms with E-state index in [1.807, 2.05) is 39.8 Å². The summed E-state index contributed by atoms with van der Waals surface area (Å²) >= 11 is 5.52.